The fourth-order valence-corrected chi connectivity index (χ4v) is 1.45. The van der Waals surface area contributed by atoms with E-state index in [2.05, 4.69) is 11.2 Å². The molecule has 0 heterocycles. The number of carbonyl (C=O) groups excluding carboxylic acids is 1. The Morgan fingerprint density at radius 1 is 1.45 bits per heavy atom. The number of nitrogens with one attached hydrogen (secondary N) is 1. The van der Waals surface area contributed by atoms with E-state index in [4.69, 9.17) is 15.9 Å². The van der Waals surface area contributed by atoms with Crippen LogP contribution in [-0.2, 0) is 11.4 Å². The van der Waals surface area contributed by atoms with Crippen molar-refractivity contribution in [3.8, 4) is 23.8 Å². The maximum Gasteiger partial charge on any atom is 0.258 e. The molecule has 1 aromatic carbocycles. The summed E-state index contributed by atoms with van der Waals surface area (Å²) in [6.45, 7) is 2.44. The maximum atomic E-state index is 11.4. The lowest BCUT2D eigenvalue weighted by Gasteiger charge is -2.12. The molecule has 0 fully saturated rings. The van der Waals surface area contributed by atoms with Gasteiger partial charge in [0.1, 0.15) is 11.5 Å². The van der Waals surface area contributed by atoms with E-state index in [-0.39, 0.29) is 25.7 Å². The van der Waals surface area contributed by atoms with Gasteiger partial charge in [-0.2, -0.15) is 0 Å². The third kappa shape index (κ3) is 5.21. The van der Waals surface area contributed by atoms with Crippen molar-refractivity contribution in [2.75, 3.05) is 19.8 Å². The van der Waals surface area contributed by atoms with E-state index in [9.17, 15) is 9.90 Å². The van der Waals surface area contributed by atoms with E-state index in [1.54, 1.807) is 18.2 Å². The van der Waals surface area contributed by atoms with Crippen molar-refractivity contribution in [1.82, 2.24) is 5.32 Å². The van der Waals surface area contributed by atoms with Crippen molar-refractivity contribution in [1.29, 1.82) is 0 Å². The van der Waals surface area contributed by atoms with Gasteiger partial charge in [0, 0.05) is 11.6 Å². The fourth-order valence-electron chi connectivity index (χ4n) is 1.45. The highest BCUT2D eigenvalue weighted by molar-refractivity contribution is 5.77. The number of ether oxygens (including phenoxy) is 2. The number of rotatable bonds is 8. The minimum atomic E-state index is -0.313. The van der Waals surface area contributed by atoms with Crippen LogP contribution < -0.4 is 14.8 Å². The zero-order valence-corrected chi connectivity index (χ0v) is 11.5. The molecule has 1 rings (SSSR count). The molecule has 0 aliphatic rings. The van der Waals surface area contributed by atoms with Gasteiger partial charge in [-0.05, 0) is 18.6 Å². The van der Waals surface area contributed by atoms with Gasteiger partial charge in [0.2, 0.25) is 0 Å². The largest absolute Gasteiger partial charge is 0.493 e. The molecule has 5 nitrogen and oxygen atoms in total. The monoisotopic (exact) mass is 277 g/mol. The summed E-state index contributed by atoms with van der Waals surface area (Å²) < 4.78 is 10.9. The van der Waals surface area contributed by atoms with Crippen molar-refractivity contribution < 1.29 is 19.4 Å². The Bertz CT molecular complexity index is 479. The number of benzene rings is 1. The molecule has 0 atom stereocenters. The van der Waals surface area contributed by atoms with Gasteiger partial charge >= 0.3 is 0 Å². The molecule has 0 bridgehead atoms. The molecule has 0 aliphatic heterocycles. The summed E-state index contributed by atoms with van der Waals surface area (Å²) in [5, 5.41) is 11.7. The Labute approximate surface area is 118 Å². The molecular weight excluding hydrogens is 258 g/mol. The number of hydrogen-bond donors (Lipinski definition) is 2. The highest BCUT2D eigenvalue weighted by Gasteiger charge is 2.08. The third-order valence-electron chi connectivity index (χ3n) is 2.43. The van der Waals surface area contributed by atoms with Gasteiger partial charge in [-0.15, -0.1) is 6.42 Å². The van der Waals surface area contributed by atoms with Gasteiger partial charge in [-0.3, -0.25) is 4.79 Å². The van der Waals surface area contributed by atoms with Crippen molar-refractivity contribution in [3.63, 3.8) is 0 Å². The summed E-state index contributed by atoms with van der Waals surface area (Å²) in [5.41, 5.74) is 0.596. The Kier molecular flexibility index (Phi) is 7.01. The summed E-state index contributed by atoms with van der Waals surface area (Å²) in [6, 6.07) is 5.13. The molecule has 0 spiro atoms. The lowest BCUT2D eigenvalue weighted by molar-refractivity contribution is -0.122. The van der Waals surface area contributed by atoms with Crippen LogP contribution in [0.3, 0.4) is 0 Å². The van der Waals surface area contributed by atoms with Crippen molar-refractivity contribution in [3.05, 3.63) is 23.8 Å². The highest BCUT2D eigenvalue weighted by atomic mass is 16.5. The smallest absolute Gasteiger partial charge is 0.258 e. The molecule has 0 aromatic heterocycles. The standard InChI is InChI=1S/C15H19NO4/c1-3-7-16-15(18)11-20-14-9-13(19-8-4-2)6-5-12(14)10-17/h1,5-6,9,17H,4,7-8,10-11H2,2H3,(H,16,18). The van der Waals surface area contributed by atoms with Crippen molar-refractivity contribution in [2.24, 2.45) is 0 Å². The lowest BCUT2D eigenvalue weighted by Crippen LogP contribution is -2.29. The first-order valence-electron chi connectivity index (χ1n) is 6.40. The van der Waals surface area contributed by atoms with E-state index >= 15 is 0 Å². The molecular formula is C15H19NO4. The summed E-state index contributed by atoms with van der Waals surface area (Å²) in [4.78, 5) is 11.4. The van der Waals surface area contributed by atoms with Gasteiger partial charge in [0.15, 0.2) is 6.61 Å². The van der Waals surface area contributed by atoms with Crippen LogP contribution in [0, 0.1) is 12.3 Å². The first-order valence-corrected chi connectivity index (χ1v) is 6.40. The minimum absolute atomic E-state index is 0.161. The SMILES string of the molecule is C#CCNC(=O)COc1cc(OCCC)ccc1CO. The van der Waals surface area contributed by atoms with Crippen LogP contribution in [0.1, 0.15) is 18.9 Å². The zero-order chi connectivity index (χ0) is 14.8. The molecule has 5 heteroatoms. The Morgan fingerprint density at radius 2 is 2.25 bits per heavy atom. The summed E-state index contributed by atoms with van der Waals surface area (Å²) >= 11 is 0. The molecule has 0 aliphatic carbocycles. The minimum Gasteiger partial charge on any atom is -0.493 e. The van der Waals surface area contributed by atoms with E-state index in [0.29, 0.717) is 23.7 Å². The highest BCUT2D eigenvalue weighted by Crippen LogP contribution is 2.25. The molecule has 108 valence electrons. The molecule has 0 radical (unpaired) electrons. The summed E-state index contributed by atoms with van der Waals surface area (Å²) in [6.07, 6.45) is 5.94. The number of hydrogen-bond acceptors (Lipinski definition) is 4. The van der Waals surface area contributed by atoms with Crippen LogP contribution in [0.15, 0.2) is 18.2 Å². The second-order valence-corrected chi connectivity index (χ2v) is 4.05. The maximum absolute atomic E-state index is 11.4. The predicted molar refractivity (Wildman–Crippen MR) is 75.5 cm³/mol. The predicted octanol–water partition coefficient (Wildman–Crippen LogP) is 1.10. The van der Waals surface area contributed by atoms with Gasteiger partial charge in [-0.1, -0.05) is 12.8 Å². The number of amides is 1. The topological polar surface area (TPSA) is 67.8 Å². The summed E-state index contributed by atoms with van der Waals surface area (Å²) in [7, 11) is 0. The number of aliphatic hydroxyl groups excluding tert-OH is 1. The quantitative estimate of drug-likeness (QED) is 0.698. The molecule has 20 heavy (non-hydrogen) atoms. The summed E-state index contributed by atoms with van der Waals surface area (Å²) in [5.74, 6) is 3.06. The molecule has 1 amide bonds. The second-order valence-electron chi connectivity index (χ2n) is 4.05. The van der Waals surface area contributed by atoms with Crippen LogP contribution in [0.2, 0.25) is 0 Å². The molecule has 0 saturated carbocycles. The van der Waals surface area contributed by atoms with Gasteiger partial charge < -0.3 is 19.9 Å². The van der Waals surface area contributed by atoms with E-state index in [1.165, 1.54) is 0 Å². The third-order valence-corrected chi connectivity index (χ3v) is 2.43. The fraction of sp³-hybridized carbons (Fsp3) is 0.400. The Morgan fingerprint density at radius 3 is 2.90 bits per heavy atom. The lowest BCUT2D eigenvalue weighted by atomic mass is 10.2. The van der Waals surface area contributed by atoms with Crippen LogP contribution in [0.5, 0.6) is 11.5 Å². The average Bonchev–Trinajstić information content (AvgIpc) is 2.48. The first-order chi connectivity index (χ1) is 9.71. The van der Waals surface area contributed by atoms with Crippen LogP contribution >= 0.6 is 0 Å². The van der Waals surface area contributed by atoms with E-state index < -0.39 is 0 Å². The normalized spacial score (nSPS) is 9.65. The van der Waals surface area contributed by atoms with Gasteiger partial charge in [0.25, 0.3) is 5.91 Å². The van der Waals surface area contributed by atoms with Crippen molar-refractivity contribution in [2.45, 2.75) is 20.0 Å². The number of aliphatic hydroxyl groups is 1. The number of terminal acetylenes is 1. The van der Waals surface area contributed by atoms with Crippen LogP contribution in [-0.4, -0.2) is 30.8 Å². The molecule has 0 unspecified atom stereocenters. The number of carbonyl (C=O) groups is 1. The zero-order valence-electron chi connectivity index (χ0n) is 11.5. The van der Waals surface area contributed by atoms with E-state index in [1.807, 2.05) is 6.92 Å². The second kappa shape index (κ2) is 8.83. The van der Waals surface area contributed by atoms with Gasteiger partial charge in [0.05, 0.1) is 19.8 Å². The Balaban J connectivity index is 2.66. The van der Waals surface area contributed by atoms with Crippen LogP contribution in [0.25, 0.3) is 0 Å². The average molecular weight is 277 g/mol. The molecule has 2 N–H and O–H groups in total. The molecule has 0 saturated heterocycles. The van der Waals surface area contributed by atoms with Crippen LogP contribution in [0.4, 0.5) is 0 Å². The van der Waals surface area contributed by atoms with E-state index in [0.717, 1.165) is 6.42 Å². The van der Waals surface area contributed by atoms with Crippen molar-refractivity contribution >= 4 is 5.91 Å². The van der Waals surface area contributed by atoms with Gasteiger partial charge in [-0.25, -0.2) is 0 Å². The Hall–Kier alpha value is -2.19. The first kappa shape index (κ1) is 15.9. The molecule has 1 aromatic rings.